The molecule has 7 heteroatoms. The van der Waals surface area contributed by atoms with Gasteiger partial charge < -0.3 is 9.52 Å². The lowest BCUT2D eigenvalue weighted by Crippen LogP contribution is -2.05. The van der Waals surface area contributed by atoms with E-state index in [1.54, 1.807) is 36.4 Å². The number of rotatable bonds is 3. The average molecular weight is 333 g/mol. The van der Waals surface area contributed by atoms with E-state index in [2.05, 4.69) is 10.3 Å². The van der Waals surface area contributed by atoms with Crippen molar-refractivity contribution in [3.8, 4) is 17.4 Å². The molecule has 0 amide bonds. The Balaban J connectivity index is 1.74. The molecule has 0 saturated heterocycles. The average Bonchev–Trinajstić information content (AvgIpc) is 3.20. The van der Waals surface area contributed by atoms with Crippen LogP contribution in [-0.2, 0) is 9.63 Å². The van der Waals surface area contributed by atoms with Gasteiger partial charge in [-0.15, -0.1) is 0 Å². The number of carbonyl (C=O) groups is 1. The van der Waals surface area contributed by atoms with Gasteiger partial charge in [0.2, 0.25) is 11.0 Å². The maximum Gasteiger partial charge on any atom is 0.437 e. The first-order valence-electron chi connectivity index (χ1n) is 7.45. The van der Waals surface area contributed by atoms with Crippen molar-refractivity contribution in [1.82, 2.24) is 4.98 Å². The van der Waals surface area contributed by atoms with Gasteiger partial charge in [-0.2, -0.15) is 0 Å². The molecule has 0 unspecified atom stereocenters. The Morgan fingerprint density at radius 2 is 1.68 bits per heavy atom. The summed E-state index contributed by atoms with van der Waals surface area (Å²) >= 11 is 0. The highest BCUT2D eigenvalue weighted by Crippen LogP contribution is 2.29. The Morgan fingerprint density at radius 1 is 1.00 bits per heavy atom. The highest BCUT2D eigenvalue weighted by molar-refractivity contribution is 5.91. The molecule has 0 fully saturated rings. The van der Waals surface area contributed by atoms with Gasteiger partial charge in [-0.3, -0.25) is 4.84 Å². The highest BCUT2D eigenvalue weighted by atomic mass is 16.7. The molecule has 0 atom stereocenters. The zero-order valence-electron chi connectivity index (χ0n) is 12.8. The van der Waals surface area contributed by atoms with Crippen molar-refractivity contribution < 1.29 is 23.9 Å². The monoisotopic (exact) mass is 333 g/mol. The normalized spacial score (nSPS) is 15.3. The third-order valence-electron chi connectivity index (χ3n) is 3.56. The van der Waals surface area contributed by atoms with Gasteiger partial charge in [0.1, 0.15) is 5.89 Å². The Morgan fingerprint density at radius 3 is 2.40 bits per heavy atom. The maximum atomic E-state index is 12.1. The first kappa shape index (κ1) is 14.8. The predicted octanol–water partition coefficient (Wildman–Crippen LogP) is 3.02. The maximum absolute atomic E-state index is 12.1. The van der Waals surface area contributed by atoms with Gasteiger partial charge in [0.25, 0.3) is 0 Å². The van der Waals surface area contributed by atoms with Crippen molar-refractivity contribution in [3.63, 3.8) is 0 Å². The summed E-state index contributed by atoms with van der Waals surface area (Å²) in [7, 11) is 0. The molecule has 0 saturated carbocycles. The molecule has 4 rings (SSSR count). The van der Waals surface area contributed by atoms with Gasteiger partial charge in [-0.1, -0.05) is 48.5 Å². The van der Waals surface area contributed by atoms with E-state index in [9.17, 15) is 9.90 Å². The van der Waals surface area contributed by atoms with Crippen molar-refractivity contribution in [2.75, 3.05) is 0 Å². The third-order valence-corrected chi connectivity index (χ3v) is 3.56. The molecule has 7 nitrogen and oxygen atoms in total. The molecule has 0 radical (unpaired) electrons. The zero-order chi connectivity index (χ0) is 17.2. The van der Waals surface area contributed by atoms with Crippen LogP contribution in [0.3, 0.4) is 0 Å². The lowest BCUT2D eigenvalue weighted by atomic mass is 10.2. The van der Waals surface area contributed by atoms with Gasteiger partial charge in [-0.05, 0) is 4.70 Å². The van der Waals surface area contributed by atoms with Crippen LogP contribution in [0, 0.1) is 0 Å². The Hall–Kier alpha value is -3.74. The quantitative estimate of drug-likeness (QED) is 0.543. The lowest BCUT2D eigenvalue weighted by Gasteiger charge is -1.98. The largest absolute Gasteiger partial charge is 0.562 e. The Labute approximate surface area is 142 Å². The first-order chi connectivity index (χ1) is 12.2. The Bertz CT molecular complexity index is 992. The van der Waals surface area contributed by atoms with Crippen molar-refractivity contribution in [3.05, 3.63) is 72.1 Å². The highest BCUT2D eigenvalue weighted by Gasteiger charge is 2.36. The molecule has 0 spiro atoms. The van der Waals surface area contributed by atoms with Crippen LogP contribution < -0.4 is 5.11 Å². The minimum absolute atomic E-state index is 0.00355. The van der Waals surface area contributed by atoms with Crippen LogP contribution in [-0.4, -0.2) is 15.7 Å². The van der Waals surface area contributed by atoms with Crippen molar-refractivity contribution in [2.45, 2.75) is 0 Å². The van der Waals surface area contributed by atoms with Crippen LogP contribution >= 0.6 is 0 Å². The molecule has 1 aliphatic rings. The number of para-hydroxylation sites is 1. The van der Waals surface area contributed by atoms with Crippen molar-refractivity contribution >= 4 is 17.7 Å². The number of carbonyl (C=O) groups excluding carboxylic acids is 1. The third kappa shape index (κ3) is 2.78. The van der Waals surface area contributed by atoms with Gasteiger partial charge in [-0.25, -0.2) is 9.78 Å². The molecule has 1 aliphatic heterocycles. The minimum atomic E-state index is -0.674. The minimum Gasteiger partial charge on any atom is -0.562 e. The summed E-state index contributed by atoms with van der Waals surface area (Å²) in [4.78, 5) is 20.9. The summed E-state index contributed by atoms with van der Waals surface area (Å²) in [6.45, 7) is 0. The molecule has 25 heavy (non-hydrogen) atoms. The molecule has 2 aromatic carbocycles. The van der Waals surface area contributed by atoms with Gasteiger partial charge in [0.15, 0.2) is 0 Å². The molecule has 122 valence electrons. The van der Waals surface area contributed by atoms with E-state index in [1.165, 1.54) is 10.8 Å². The standard InChI is InChI=1S/C18H11N3O4/c22-17-14(19-16(24-17)12-7-3-1-4-8-12)11-15-18(23)25-20-21(15)13-9-5-2-6-10-13/h1-11H. The van der Waals surface area contributed by atoms with Crippen LogP contribution in [0.4, 0.5) is 5.69 Å². The summed E-state index contributed by atoms with van der Waals surface area (Å²) in [5, 5.41) is 15.8. The van der Waals surface area contributed by atoms with Crippen LogP contribution in [0.15, 0.2) is 76.1 Å². The second-order valence-corrected chi connectivity index (χ2v) is 5.20. The van der Waals surface area contributed by atoms with E-state index in [0.29, 0.717) is 11.3 Å². The van der Waals surface area contributed by atoms with Gasteiger partial charge in [0.05, 0.1) is 11.6 Å². The summed E-state index contributed by atoms with van der Waals surface area (Å²) in [5.74, 6) is -1.13. The molecular weight excluding hydrogens is 322 g/mol. The number of aromatic nitrogens is 1. The van der Waals surface area contributed by atoms with E-state index in [1.807, 2.05) is 24.3 Å². The number of benzene rings is 2. The van der Waals surface area contributed by atoms with E-state index < -0.39 is 11.9 Å². The van der Waals surface area contributed by atoms with Crippen molar-refractivity contribution in [2.24, 2.45) is 5.28 Å². The lowest BCUT2D eigenvalue weighted by molar-refractivity contribution is -0.462. The number of nitrogens with zero attached hydrogens (tertiary/aromatic N) is 3. The smallest absolute Gasteiger partial charge is 0.437 e. The number of oxazole rings is 1. The van der Waals surface area contributed by atoms with E-state index in [-0.39, 0.29) is 17.3 Å². The topological polar surface area (TPSA) is 90.8 Å². The molecule has 0 aliphatic carbocycles. The van der Waals surface area contributed by atoms with E-state index in [0.717, 1.165) is 0 Å². The summed E-state index contributed by atoms with van der Waals surface area (Å²) in [6.07, 6.45) is 1.31. The fourth-order valence-corrected chi connectivity index (χ4v) is 2.37. The van der Waals surface area contributed by atoms with Crippen LogP contribution in [0.25, 0.3) is 17.5 Å². The molecule has 2 heterocycles. The fourth-order valence-electron chi connectivity index (χ4n) is 2.37. The van der Waals surface area contributed by atoms with Crippen molar-refractivity contribution in [1.29, 1.82) is 0 Å². The van der Waals surface area contributed by atoms with E-state index in [4.69, 9.17) is 9.25 Å². The molecule has 0 N–H and O–H groups in total. The fraction of sp³-hybridized carbons (Fsp3) is 0. The summed E-state index contributed by atoms with van der Waals surface area (Å²) in [5.41, 5.74) is 1.38. The molecule has 0 bridgehead atoms. The van der Waals surface area contributed by atoms with Gasteiger partial charge >= 0.3 is 11.7 Å². The predicted molar refractivity (Wildman–Crippen MR) is 84.2 cm³/mol. The number of hydrogen-bond acceptors (Lipinski definition) is 6. The van der Waals surface area contributed by atoms with Crippen LogP contribution in [0.5, 0.6) is 5.95 Å². The molecular formula is C18H11N3O4. The second-order valence-electron chi connectivity index (χ2n) is 5.20. The van der Waals surface area contributed by atoms with Gasteiger partial charge in [0, 0.05) is 23.8 Å². The molecule has 3 aromatic rings. The number of hydrogen-bond donors (Lipinski definition) is 0. The zero-order valence-corrected chi connectivity index (χ0v) is 12.8. The second kappa shape index (κ2) is 6.04. The van der Waals surface area contributed by atoms with Crippen LogP contribution in [0.2, 0.25) is 0 Å². The molecule has 1 aromatic heterocycles. The van der Waals surface area contributed by atoms with Crippen LogP contribution in [0.1, 0.15) is 5.69 Å². The summed E-state index contributed by atoms with van der Waals surface area (Å²) in [6, 6.07) is 18.0. The van der Waals surface area contributed by atoms with E-state index >= 15 is 0 Å². The Kier molecular flexibility index (Phi) is 3.59. The summed E-state index contributed by atoms with van der Waals surface area (Å²) < 4.78 is 6.48. The SMILES string of the molecule is O=C1ON=[N+](c2ccccc2)/C1=C/c1nc(-c2ccccc2)oc1[O-]. The first-order valence-corrected chi connectivity index (χ1v) is 7.45.